The van der Waals surface area contributed by atoms with Gasteiger partial charge in [-0.3, -0.25) is 15.0 Å². The molecule has 10 heteroatoms. The van der Waals surface area contributed by atoms with E-state index < -0.39 is 5.92 Å². The molecule has 0 atom stereocenters. The predicted octanol–water partition coefficient (Wildman–Crippen LogP) is 5.89. The number of nitrogens with zero attached hydrogens (tertiary/aromatic N) is 4. The van der Waals surface area contributed by atoms with Crippen molar-refractivity contribution in [3.63, 3.8) is 0 Å². The van der Waals surface area contributed by atoms with Crippen LogP contribution in [0.1, 0.15) is 19.0 Å². The number of rotatable bonds is 6. The van der Waals surface area contributed by atoms with Gasteiger partial charge in [-0.1, -0.05) is 29.8 Å². The molecule has 5 aromatic rings. The van der Waals surface area contributed by atoms with Crippen LogP contribution in [0.3, 0.4) is 0 Å². The number of nitrogens with one attached hydrogen (secondary N) is 2. The Balaban J connectivity index is 1.35. The van der Waals surface area contributed by atoms with Crippen molar-refractivity contribution in [3.8, 4) is 22.5 Å². The van der Waals surface area contributed by atoms with Gasteiger partial charge < -0.3 is 10.7 Å². The molecule has 1 aliphatic heterocycles. The number of likely N-dealkylation sites (tertiary alicyclic amines) is 1. The lowest BCUT2D eigenvalue weighted by atomic mass is 10.0. The molecule has 0 spiro atoms. The van der Waals surface area contributed by atoms with Gasteiger partial charge in [-0.2, -0.15) is 5.10 Å². The fraction of sp³-hybridized carbons (Fsp3) is 0.207. The van der Waals surface area contributed by atoms with Crippen LogP contribution in [-0.4, -0.2) is 55.6 Å². The number of pyridine rings is 2. The Bertz CT molecular complexity index is 1750. The second kappa shape index (κ2) is 9.70. The number of hydrogen-bond acceptors (Lipinski definition) is 5. The number of allylic oxidation sites excluding steroid dienone is 2. The van der Waals surface area contributed by atoms with Crippen molar-refractivity contribution in [1.82, 2.24) is 30.0 Å². The summed E-state index contributed by atoms with van der Waals surface area (Å²) in [6.07, 6.45) is 6.56. The van der Waals surface area contributed by atoms with Crippen LogP contribution >= 0.6 is 0 Å². The summed E-state index contributed by atoms with van der Waals surface area (Å²) in [4.78, 5) is 14.2. The molecule has 7 nitrogen and oxygen atoms in total. The molecule has 1 aliphatic rings. The van der Waals surface area contributed by atoms with E-state index in [1.165, 1.54) is 12.3 Å². The summed E-state index contributed by atoms with van der Waals surface area (Å²) in [6, 6.07) is 12.2. The molecule has 0 saturated carbocycles. The van der Waals surface area contributed by atoms with Crippen molar-refractivity contribution in [1.29, 1.82) is 0 Å². The van der Waals surface area contributed by atoms with Crippen molar-refractivity contribution in [3.05, 3.63) is 84.2 Å². The maximum atomic E-state index is 14.6. The lowest BCUT2D eigenvalue weighted by Crippen LogP contribution is -2.26. The monoisotopic (exact) mass is 529 g/mol. The fourth-order valence-corrected chi connectivity index (χ4v) is 5.13. The summed E-state index contributed by atoms with van der Waals surface area (Å²) in [5, 5.41) is 8.32. The molecule has 1 fully saturated rings. The SMILES string of the molecule is C/C(=C\C(=C/N)c1ccc2[nH]nc(-c3cc4c(-c5ccccc5F)cncc4[nH]3)c2n1)CN1CCC(F)(F)C1. The maximum absolute atomic E-state index is 14.6. The minimum absolute atomic E-state index is 0.118. The van der Waals surface area contributed by atoms with E-state index in [4.69, 9.17) is 10.7 Å². The van der Waals surface area contributed by atoms with Crippen LogP contribution in [-0.2, 0) is 0 Å². The highest BCUT2D eigenvalue weighted by atomic mass is 19.3. The number of alkyl halides is 2. The van der Waals surface area contributed by atoms with Crippen LogP contribution in [0.2, 0.25) is 0 Å². The van der Waals surface area contributed by atoms with Crippen molar-refractivity contribution < 1.29 is 13.2 Å². The number of fused-ring (bicyclic) bond motifs is 2. The molecule has 0 amide bonds. The molecule has 6 rings (SSSR count). The van der Waals surface area contributed by atoms with E-state index in [1.54, 1.807) is 35.5 Å². The topological polar surface area (TPSA) is 99.5 Å². The van der Waals surface area contributed by atoms with Crippen LogP contribution in [0, 0.1) is 5.82 Å². The number of aromatic amines is 2. The van der Waals surface area contributed by atoms with E-state index in [1.807, 2.05) is 31.2 Å². The molecular formula is C29H26F3N7. The average Bonchev–Trinajstić information content (AvgIpc) is 3.63. The Labute approximate surface area is 222 Å². The number of nitrogens with two attached hydrogens (primary N) is 1. The molecule has 0 aliphatic carbocycles. The van der Waals surface area contributed by atoms with Crippen molar-refractivity contribution in [2.45, 2.75) is 19.3 Å². The Kier molecular flexibility index (Phi) is 6.19. The van der Waals surface area contributed by atoms with Gasteiger partial charge in [-0.15, -0.1) is 0 Å². The van der Waals surface area contributed by atoms with Gasteiger partial charge in [-0.05, 0) is 31.2 Å². The molecule has 1 saturated heterocycles. The van der Waals surface area contributed by atoms with Gasteiger partial charge in [0, 0.05) is 54.0 Å². The fourth-order valence-electron chi connectivity index (χ4n) is 5.13. The highest BCUT2D eigenvalue weighted by molar-refractivity contribution is 6.00. The average molecular weight is 530 g/mol. The summed E-state index contributed by atoms with van der Waals surface area (Å²) < 4.78 is 41.8. The van der Waals surface area contributed by atoms with E-state index in [-0.39, 0.29) is 18.8 Å². The number of aromatic nitrogens is 5. The lowest BCUT2D eigenvalue weighted by Gasteiger charge is -2.16. The van der Waals surface area contributed by atoms with Crippen LogP contribution in [0.15, 0.2) is 72.7 Å². The van der Waals surface area contributed by atoms with Crippen LogP contribution in [0.25, 0.3) is 50.0 Å². The maximum Gasteiger partial charge on any atom is 0.261 e. The molecule has 198 valence electrons. The van der Waals surface area contributed by atoms with Gasteiger partial charge in [0.2, 0.25) is 0 Å². The molecule has 0 unspecified atom stereocenters. The van der Waals surface area contributed by atoms with Gasteiger partial charge in [-0.25, -0.2) is 18.2 Å². The van der Waals surface area contributed by atoms with E-state index in [0.29, 0.717) is 52.4 Å². The Morgan fingerprint density at radius 3 is 2.74 bits per heavy atom. The molecule has 0 radical (unpaired) electrons. The first-order valence-electron chi connectivity index (χ1n) is 12.6. The summed E-state index contributed by atoms with van der Waals surface area (Å²) in [6.45, 7) is 2.45. The molecule has 1 aromatic carbocycles. The van der Waals surface area contributed by atoms with Crippen molar-refractivity contribution >= 4 is 27.5 Å². The third-order valence-corrected chi connectivity index (χ3v) is 6.97. The predicted molar refractivity (Wildman–Crippen MR) is 146 cm³/mol. The molecule has 5 heterocycles. The second-order valence-electron chi connectivity index (χ2n) is 9.91. The lowest BCUT2D eigenvalue weighted by molar-refractivity contribution is 0.0131. The van der Waals surface area contributed by atoms with Crippen LogP contribution in [0.4, 0.5) is 13.2 Å². The number of halogens is 3. The summed E-state index contributed by atoms with van der Waals surface area (Å²) >= 11 is 0. The zero-order valence-electron chi connectivity index (χ0n) is 21.2. The smallest absolute Gasteiger partial charge is 0.261 e. The van der Waals surface area contributed by atoms with E-state index >= 15 is 0 Å². The first-order chi connectivity index (χ1) is 18.8. The van der Waals surface area contributed by atoms with Gasteiger partial charge in [0.1, 0.15) is 17.0 Å². The minimum atomic E-state index is -2.63. The Morgan fingerprint density at radius 1 is 1.13 bits per heavy atom. The van der Waals surface area contributed by atoms with E-state index in [0.717, 1.165) is 22.0 Å². The van der Waals surface area contributed by atoms with Gasteiger partial charge in [0.05, 0.1) is 35.2 Å². The standard InChI is InChI=1S/C29H26F3N7/c1-17(15-39-9-8-29(31,32)16-39)10-18(12-33)23-6-7-24-27(36-23)28(38-37-24)25-11-20-21(13-34-14-26(20)35-25)19-4-2-3-5-22(19)30/h2-7,10-14,35H,8-9,15-16,33H2,1H3,(H,37,38)/b17-10+,18-12+. The third-order valence-electron chi connectivity index (χ3n) is 6.97. The minimum Gasteiger partial charge on any atom is -0.404 e. The summed E-state index contributed by atoms with van der Waals surface area (Å²) in [5.74, 6) is -2.96. The van der Waals surface area contributed by atoms with Gasteiger partial charge in [0.15, 0.2) is 0 Å². The largest absolute Gasteiger partial charge is 0.404 e. The van der Waals surface area contributed by atoms with Gasteiger partial charge >= 0.3 is 0 Å². The molecule has 0 bridgehead atoms. The second-order valence-corrected chi connectivity index (χ2v) is 9.91. The molecular weight excluding hydrogens is 503 g/mol. The Hall–Kier alpha value is -4.44. The summed E-state index contributed by atoms with van der Waals surface area (Å²) in [7, 11) is 0. The van der Waals surface area contributed by atoms with Crippen molar-refractivity contribution in [2.75, 3.05) is 19.6 Å². The van der Waals surface area contributed by atoms with E-state index in [9.17, 15) is 13.2 Å². The van der Waals surface area contributed by atoms with Crippen LogP contribution in [0.5, 0.6) is 0 Å². The zero-order chi connectivity index (χ0) is 27.1. The highest BCUT2D eigenvalue weighted by Gasteiger charge is 2.37. The first kappa shape index (κ1) is 24.9. The third kappa shape index (κ3) is 4.79. The molecule has 39 heavy (non-hydrogen) atoms. The first-order valence-corrected chi connectivity index (χ1v) is 12.6. The number of benzene rings is 1. The molecule has 4 aromatic heterocycles. The number of H-pyrrole nitrogens is 2. The zero-order valence-corrected chi connectivity index (χ0v) is 21.2. The Morgan fingerprint density at radius 2 is 1.97 bits per heavy atom. The number of hydrogen-bond donors (Lipinski definition) is 3. The highest BCUT2D eigenvalue weighted by Crippen LogP contribution is 2.34. The van der Waals surface area contributed by atoms with Crippen LogP contribution < -0.4 is 5.73 Å². The quantitative estimate of drug-likeness (QED) is 0.238. The molecule has 4 N–H and O–H groups in total. The normalized spacial score (nSPS) is 16.5. The van der Waals surface area contributed by atoms with Crippen molar-refractivity contribution in [2.24, 2.45) is 5.73 Å². The van der Waals surface area contributed by atoms with E-state index in [2.05, 4.69) is 20.2 Å². The summed E-state index contributed by atoms with van der Waals surface area (Å²) in [5.41, 5.74) is 12.7. The van der Waals surface area contributed by atoms with Gasteiger partial charge in [0.25, 0.3) is 5.92 Å².